The van der Waals surface area contributed by atoms with E-state index in [1.54, 1.807) is 0 Å². The molecule has 0 aromatic rings. The summed E-state index contributed by atoms with van der Waals surface area (Å²) in [5, 5.41) is 9.74. The van der Waals surface area contributed by atoms with Crippen molar-refractivity contribution in [2.45, 2.75) is 103 Å². The van der Waals surface area contributed by atoms with Gasteiger partial charge in [-0.15, -0.1) is 11.6 Å². The molecule has 0 aliphatic heterocycles. The summed E-state index contributed by atoms with van der Waals surface area (Å²) in [6.07, 6.45) is 12.2. The molecule has 0 spiro atoms. The maximum atomic E-state index is 9.47. The average molecular weight is 291 g/mol. The molecule has 19 heavy (non-hydrogen) atoms. The number of aliphatic hydroxyl groups is 1. The van der Waals surface area contributed by atoms with Crippen LogP contribution in [0, 0.1) is 5.41 Å². The van der Waals surface area contributed by atoms with Gasteiger partial charge in [0.1, 0.15) is 0 Å². The van der Waals surface area contributed by atoms with E-state index in [1.807, 2.05) is 6.92 Å². The van der Waals surface area contributed by atoms with Crippen LogP contribution in [0.5, 0.6) is 0 Å². The van der Waals surface area contributed by atoms with Crippen LogP contribution < -0.4 is 0 Å². The van der Waals surface area contributed by atoms with E-state index in [-0.39, 0.29) is 16.9 Å². The van der Waals surface area contributed by atoms with E-state index in [0.717, 1.165) is 19.3 Å². The molecule has 0 aliphatic rings. The molecule has 2 heteroatoms. The first-order chi connectivity index (χ1) is 8.87. The van der Waals surface area contributed by atoms with Gasteiger partial charge in [-0.2, -0.15) is 0 Å². The van der Waals surface area contributed by atoms with Crippen LogP contribution in [0.15, 0.2) is 0 Å². The maximum absolute atomic E-state index is 9.47. The van der Waals surface area contributed by atoms with Gasteiger partial charge >= 0.3 is 0 Å². The van der Waals surface area contributed by atoms with Gasteiger partial charge in [-0.1, -0.05) is 65.7 Å². The zero-order valence-corrected chi connectivity index (χ0v) is 14.3. The average Bonchev–Trinajstić information content (AvgIpc) is 2.25. The molecular weight excluding hydrogens is 256 g/mol. The summed E-state index contributed by atoms with van der Waals surface area (Å²) >= 11 is 6.43. The van der Waals surface area contributed by atoms with Crippen LogP contribution in [0.1, 0.15) is 91.9 Å². The van der Waals surface area contributed by atoms with Crippen molar-refractivity contribution in [3.63, 3.8) is 0 Å². The van der Waals surface area contributed by atoms with Crippen molar-refractivity contribution >= 4 is 11.6 Å². The standard InChI is InChI=1S/C17H35ClO/c1-5-6-7-8-9-10-11-12-16(18)14-17(3,4)13-15(2)19/h15-16,19H,5-14H2,1-4H3. The van der Waals surface area contributed by atoms with E-state index >= 15 is 0 Å². The van der Waals surface area contributed by atoms with Crippen molar-refractivity contribution < 1.29 is 5.11 Å². The van der Waals surface area contributed by atoms with Crippen molar-refractivity contribution in [3.8, 4) is 0 Å². The minimum absolute atomic E-state index is 0.154. The molecule has 116 valence electrons. The smallest absolute Gasteiger partial charge is 0.0517 e. The van der Waals surface area contributed by atoms with E-state index in [4.69, 9.17) is 11.6 Å². The van der Waals surface area contributed by atoms with Crippen molar-refractivity contribution in [3.05, 3.63) is 0 Å². The van der Waals surface area contributed by atoms with Crippen LogP contribution in [-0.2, 0) is 0 Å². The summed E-state index contributed by atoms with van der Waals surface area (Å²) in [5.41, 5.74) is 0.154. The predicted octanol–water partition coefficient (Wildman–Crippen LogP) is 5.92. The predicted molar refractivity (Wildman–Crippen MR) is 86.9 cm³/mol. The maximum Gasteiger partial charge on any atom is 0.0517 e. The van der Waals surface area contributed by atoms with Gasteiger partial charge < -0.3 is 5.11 Å². The highest BCUT2D eigenvalue weighted by Gasteiger charge is 2.23. The second kappa shape index (κ2) is 11.0. The van der Waals surface area contributed by atoms with E-state index in [2.05, 4.69) is 20.8 Å². The Kier molecular flexibility index (Phi) is 11.1. The Morgan fingerprint density at radius 1 is 0.947 bits per heavy atom. The molecular formula is C17H35ClO. The third-order valence-corrected chi connectivity index (χ3v) is 4.12. The monoisotopic (exact) mass is 290 g/mol. The summed E-state index contributed by atoms with van der Waals surface area (Å²) < 4.78 is 0. The van der Waals surface area contributed by atoms with Gasteiger partial charge in [0.2, 0.25) is 0 Å². The number of alkyl halides is 1. The highest BCUT2D eigenvalue weighted by Crippen LogP contribution is 2.32. The van der Waals surface area contributed by atoms with Crippen LogP contribution in [-0.4, -0.2) is 16.6 Å². The largest absolute Gasteiger partial charge is 0.393 e. The SMILES string of the molecule is CCCCCCCCCC(Cl)CC(C)(C)CC(C)O. The number of halogens is 1. The Labute approximate surface area is 126 Å². The summed E-state index contributed by atoms with van der Waals surface area (Å²) in [4.78, 5) is 0. The Balaban J connectivity index is 3.55. The molecule has 0 aromatic carbocycles. The van der Waals surface area contributed by atoms with Gasteiger partial charge in [0.15, 0.2) is 0 Å². The molecule has 0 saturated carbocycles. The molecule has 0 fully saturated rings. The number of hydrogen-bond donors (Lipinski definition) is 1. The first-order valence-corrected chi connectivity index (χ1v) is 8.63. The number of unbranched alkanes of at least 4 members (excludes halogenated alkanes) is 6. The highest BCUT2D eigenvalue weighted by molar-refractivity contribution is 6.20. The Bertz CT molecular complexity index is 201. The fraction of sp³-hybridized carbons (Fsp3) is 1.00. The lowest BCUT2D eigenvalue weighted by Gasteiger charge is -2.28. The molecule has 2 unspecified atom stereocenters. The van der Waals surface area contributed by atoms with Crippen LogP contribution >= 0.6 is 11.6 Å². The van der Waals surface area contributed by atoms with E-state index in [9.17, 15) is 5.11 Å². The molecule has 0 saturated heterocycles. The van der Waals surface area contributed by atoms with Gasteiger partial charge in [0.25, 0.3) is 0 Å². The van der Waals surface area contributed by atoms with Crippen molar-refractivity contribution in [2.24, 2.45) is 5.41 Å². The van der Waals surface area contributed by atoms with Gasteiger partial charge in [0, 0.05) is 5.38 Å². The van der Waals surface area contributed by atoms with Crippen LogP contribution in [0.25, 0.3) is 0 Å². The molecule has 0 heterocycles. The Morgan fingerprint density at radius 3 is 2.00 bits per heavy atom. The van der Waals surface area contributed by atoms with Crippen LogP contribution in [0.4, 0.5) is 0 Å². The lowest BCUT2D eigenvalue weighted by Crippen LogP contribution is -2.22. The number of hydrogen-bond acceptors (Lipinski definition) is 1. The van der Waals surface area contributed by atoms with Crippen LogP contribution in [0.2, 0.25) is 0 Å². The zero-order valence-electron chi connectivity index (χ0n) is 13.6. The summed E-state index contributed by atoms with van der Waals surface area (Å²) in [7, 11) is 0. The van der Waals surface area contributed by atoms with Gasteiger partial charge in [0.05, 0.1) is 6.10 Å². The third kappa shape index (κ3) is 13.0. The lowest BCUT2D eigenvalue weighted by atomic mass is 9.81. The molecule has 0 radical (unpaired) electrons. The minimum Gasteiger partial charge on any atom is -0.393 e. The molecule has 1 nitrogen and oxygen atoms in total. The minimum atomic E-state index is -0.225. The van der Waals surface area contributed by atoms with Gasteiger partial charge in [-0.25, -0.2) is 0 Å². The van der Waals surface area contributed by atoms with E-state index in [1.165, 1.54) is 44.9 Å². The molecule has 0 rings (SSSR count). The van der Waals surface area contributed by atoms with Crippen molar-refractivity contribution in [2.75, 3.05) is 0 Å². The van der Waals surface area contributed by atoms with Crippen molar-refractivity contribution in [1.82, 2.24) is 0 Å². The first kappa shape index (κ1) is 19.2. The quantitative estimate of drug-likeness (QED) is 0.349. The normalized spacial score (nSPS) is 15.5. The lowest BCUT2D eigenvalue weighted by molar-refractivity contribution is 0.123. The molecule has 1 N–H and O–H groups in total. The second-order valence-corrected chi connectivity index (χ2v) is 7.55. The number of rotatable bonds is 12. The second-order valence-electron chi connectivity index (χ2n) is 6.93. The molecule has 0 bridgehead atoms. The van der Waals surface area contributed by atoms with Gasteiger partial charge in [-0.3, -0.25) is 0 Å². The fourth-order valence-corrected chi connectivity index (χ4v) is 3.48. The Morgan fingerprint density at radius 2 is 1.47 bits per heavy atom. The summed E-state index contributed by atoms with van der Waals surface area (Å²) in [6, 6.07) is 0. The van der Waals surface area contributed by atoms with E-state index in [0.29, 0.717) is 0 Å². The van der Waals surface area contributed by atoms with Gasteiger partial charge in [-0.05, 0) is 31.6 Å². The van der Waals surface area contributed by atoms with E-state index < -0.39 is 0 Å². The Hall–Kier alpha value is 0.250. The fourth-order valence-electron chi connectivity index (χ4n) is 2.91. The zero-order chi connectivity index (χ0) is 14.7. The molecule has 0 aromatic heterocycles. The molecule has 0 amide bonds. The topological polar surface area (TPSA) is 20.2 Å². The molecule has 2 atom stereocenters. The third-order valence-electron chi connectivity index (χ3n) is 3.74. The number of aliphatic hydroxyl groups excluding tert-OH is 1. The summed E-state index contributed by atoms with van der Waals surface area (Å²) in [6.45, 7) is 8.54. The highest BCUT2D eigenvalue weighted by atomic mass is 35.5. The van der Waals surface area contributed by atoms with Crippen molar-refractivity contribution in [1.29, 1.82) is 0 Å². The molecule has 0 aliphatic carbocycles. The first-order valence-electron chi connectivity index (χ1n) is 8.19. The summed E-state index contributed by atoms with van der Waals surface area (Å²) in [5.74, 6) is 0. The van der Waals surface area contributed by atoms with Crippen LogP contribution in [0.3, 0.4) is 0 Å².